The van der Waals surface area contributed by atoms with Crippen molar-refractivity contribution in [3.05, 3.63) is 24.0 Å². The van der Waals surface area contributed by atoms with Crippen LogP contribution >= 0.6 is 0 Å². The lowest BCUT2D eigenvalue weighted by Gasteiger charge is -2.11. The minimum atomic E-state index is 0.0179. The Labute approximate surface area is 82.8 Å². The first kappa shape index (κ1) is 8.97. The molecule has 1 aromatic rings. The molecule has 2 rings (SSSR count). The third kappa shape index (κ3) is 1.54. The van der Waals surface area contributed by atoms with Gasteiger partial charge in [0.15, 0.2) is 0 Å². The molecule has 0 spiro atoms. The first-order chi connectivity index (χ1) is 6.81. The standard InChI is InChI=1S/C10H12N4/c11-4-7-5-13-6-9(7)10-3-8(12)1-2-14-10/h1-3,7,9,13H,5-6H2,(H2,12,14). The van der Waals surface area contributed by atoms with Gasteiger partial charge in [0.25, 0.3) is 0 Å². The minimum absolute atomic E-state index is 0.0179. The summed E-state index contributed by atoms with van der Waals surface area (Å²) < 4.78 is 0. The van der Waals surface area contributed by atoms with Crippen LogP contribution in [0.4, 0.5) is 5.69 Å². The minimum Gasteiger partial charge on any atom is -0.399 e. The van der Waals surface area contributed by atoms with Crippen molar-refractivity contribution in [1.82, 2.24) is 10.3 Å². The maximum atomic E-state index is 8.92. The molecule has 3 N–H and O–H groups in total. The number of aromatic nitrogens is 1. The van der Waals surface area contributed by atoms with Crippen LogP contribution in [0.15, 0.2) is 18.3 Å². The molecular weight excluding hydrogens is 176 g/mol. The van der Waals surface area contributed by atoms with Crippen molar-refractivity contribution in [2.75, 3.05) is 18.8 Å². The molecule has 0 saturated carbocycles. The number of hydrogen-bond acceptors (Lipinski definition) is 4. The number of nitrogens with zero attached hydrogens (tertiary/aromatic N) is 2. The van der Waals surface area contributed by atoms with E-state index in [0.717, 1.165) is 18.8 Å². The van der Waals surface area contributed by atoms with E-state index in [-0.39, 0.29) is 11.8 Å². The van der Waals surface area contributed by atoms with Crippen molar-refractivity contribution >= 4 is 5.69 Å². The molecule has 4 heteroatoms. The van der Waals surface area contributed by atoms with Gasteiger partial charge in [0.1, 0.15) is 0 Å². The highest BCUT2D eigenvalue weighted by atomic mass is 14.9. The van der Waals surface area contributed by atoms with Crippen molar-refractivity contribution < 1.29 is 0 Å². The highest BCUT2D eigenvalue weighted by Gasteiger charge is 2.29. The summed E-state index contributed by atoms with van der Waals surface area (Å²) in [6.07, 6.45) is 1.69. The average Bonchev–Trinajstić information content (AvgIpc) is 2.65. The molecule has 2 heterocycles. The molecule has 4 nitrogen and oxygen atoms in total. The van der Waals surface area contributed by atoms with Gasteiger partial charge in [-0.1, -0.05) is 0 Å². The third-order valence-electron chi connectivity index (χ3n) is 2.57. The smallest absolute Gasteiger partial charge is 0.0683 e. The maximum Gasteiger partial charge on any atom is 0.0683 e. The lowest BCUT2D eigenvalue weighted by atomic mass is 9.93. The first-order valence-corrected chi connectivity index (χ1v) is 4.63. The van der Waals surface area contributed by atoms with Gasteiger partial charge in [-0.3, -0.25) is 4.98 Å². The Hall–Kier alpha value is -1.60. The Morgan fingerprint density at radius 1 is 1.57 bits per heavy atom. The molecule has 1 saturated heterocycles. The Bertz CT molecular complexity index is 369. The highest BCUT2D eigenvalue weighted by molar-refractivity contribution is 5.39. The van der Waals surface area contributed by atoms with Gasteiger partial charge in [-0.2, -0.15) is 5.26 Å². The van der Waals surface area contributed by atoms with Crippen LogP contribution in [0.3, 0.4) is 0 Å². The van der Waals surface area contributed by atoms with Crippen molar-refractivity contribution in [1.29, 1.82) is 5.26 Å². The number of anilines is 1. The third-order valence-corrected chi connectivity index (χ3v) is 2.57. The molecule has 1 fully saturated rings. The van der Waals surface area contributed by atoms with E-state index < -0.39 is 0 Å². The molecule has 1 aromatic heterocycles. The van der Waals surface area contributed by atoms with Gasteiger partial charge in [-0.05, 0) is 12.1 Å². The number of pyridine rings is 1. The lowest BCUT2D eigenvalue weighted by molar-refractivity contribution is 0.629. The zero-order valence-corrected chi connectivity index (χ0v) is 7.77. The quantitative estimate of drug-likeness (QED) is 0.672. The van der Waals surface area contributed by atoms with Crippen LogP contribution < -0.4 is 11.1 Å². The van der Waals surface area contributed by atoms with Gasteiger partial charge >= 0.3 is 0 Å². The van der Waals surface area contributed by atoms with E-state index in [4.69, 9.17) is 11.0 Å². The van der Waals surface area contributed by atoms with E-state index in [2.05, 4.69) is 16.4 Å². The molecular formula is C10H12N4. The van der Waals surface area contributed by atoms with Crippen LogP contribution in [0.2, 0.25) is 0 Å². The van der Waals surface area contributed by atoms with Crippen LogP contribution in [0.25, 0.3) is 0 Å². The second-order valence-electron chi connectivity index (χ2n) is 3.51. The van der Waals surface area contributed by atoms with E-state index in [1.165, 1.54) is 0 Å². The molecule has 1 aliphatic heterocycles. The Balaban J connectivity index is 2.27. The molecule has 0 aromatic carbocycles. The van der Waals surface area contributed by atoms with Gasteiger partial charge < -0.3 is 11.1 Å². The van der Waals surface area contributed by atoms with Gasteiger partial charge in [0.05, 0.1) is 12.0 Å². The predicted octanol–water partition coefficient (Wildman–Crippen LogP) is 0.490. The Morgan fingerprint density at radius 3 is 3.14 bits per heavy atom. The topological polar surface area (TPSA) is 74.7 Å². The van der Waals surface area contributed by atoms with E-state index in [1.54, 1.807) is 12.3 Å². The molecule has 0 radical (unpaired) electrons. The number of rotatable bonds is 1. The summed E-state index contributed by atoms with van der Waals surface area (Å²) in [5, 5.41) is 12.1. The SMILES string of the molecule is N#CC1CNCC1c1cc(N)ccn1. The van der Waals surface area contributed by atoms with E-state index in [0.29, 0.717) is 5.69 Å². The summed E-state index contributed by atoms with van der Waals surface area (Å²) in [6, 6.07) is 5.90. The first-order valence-electron chi connectivity index (χ1n) is 4.63. The van der Waals surface area contributed by atoms with Crippen molar-refractivity contribution in [3.63, 3.8) is 0 Å². The van der Waals surface area contributed by atoms with Gasteiger partial charge in [0.2, 0.25) is 0 Å². The van der Waals surface area contributed by atoms with Crippen LogP contribution in [0.5, 0.6) is 0 Å². The fourth-order valence-electron chi connectivity index (χ4n) is 1.79. The Morgan fingerprint density at radius 2 is 2.43 bits per heavy atom. The monoisotopic (exact) mass is 188 g/mol. The van der Waals surface area contributed by atoms with Gasteiger partial charge in [0, 0.05) is 36.6 Å². The summed E-state index contributed by atoms with van der Waals surface area (Å²) in [5.74, 6) is 0.202. The van der Waals surface area contributed by atoms with Crippen molar-refractivity contribution in [3.8, 4) is 6.07 Å². The number of nitrogens with one attached hydrogen (secondary N) is 1. The molecule has 0 bridgehead atoms. The molecule has 2 atom stereocenters. The molecule has 2 unspecified atom stereocenters. The predicted molar refractivity (Wildman–Crippen MR) is 53.4 cm³/mol. The van der Waals surface area contributed by atoms with Crippen LogP contribution in [-0.2, 0) is 0 Å². The summed E-state index contributed by atoms with van der Waals surface area (Å²) >= 11 is 0. The van der Waals surface area contributed by atoms with Crippen molar-refractivity contribution in [2.24, 2.45) is 5.92 Å². The average molecular weight is 188 g/mol. The van der Waals surface area contributed by atoms with Gasteiger partial charge in [-0.25, -0.2) is 0 Å². The number of hydrogen-bond donors (Lipinski definition) is 2. The number of nitrogens with two attached hydrogens (primary N) is 1. The summed E-state index contributed by atoms with van der Waals surface area (Å²) in [6.45, 7) is 1.56. The fourth-order valence-corrected chi connectivity index (χ4v) is 1.79. The van der Waals surface area contributed by atoms with E-state index in [1.807, 2.05) is 6.07 Å². The van der Waals surface area contributed by atoms with E-state index >= 15 is 0 Å². The second kappa shape index (κ2) is 3.64. The normalized spacial score (nSPS) is 25.9. The molecule has 1 aliphatic rings. The number of nitrogen functional groups attached to an aromatic ring is 1. The largest absolute Gasteiger partial charge is 0.399 e. The van der Waals surface area contributed by atoms with Crippen LogP contribution in [-0.4, -0.2) is 18.1 Å². The summed E-state index contributed by atoms with van der Waals surface area (Å²) in [4.78, 5) is 4.25. The van der Waals surface area contributed by atoms with Gasteiger partial charge in [-0.15, -0.1) is 0 Å². The summed E-state index contributed by atoms with van der Waals surface area (Å²) in [5.41, 5.74) is 7.29. The second-order valence-corrected chi connectivity index (χ2v) is 3.51. The molecule has 14 heavy (non-hydrogen) atoms. The number of nitriles is 1. The molecule has 0 aliphatic carbocycles. The van der Waals surface area contributed by atoms with Crippen molar-refractivity contribution in [2.45, 2.75) is 5.92 Å². The Kier molecular flexibility index (Phi) is 2.33. The zero-order chi connectivity index (χ0) is 9.97. The van der Waals surface area contributed by atoms with E-state index in [9.17, 15) is 0 Å². The zero-order valence-electron chi connectivity index (χ0n) is 7.77. The summed E-state index contributed by atoms with van der Waals surface area (Å²) in [7, 11) is 0. The highest BCUT2D eigenvalue weighted by Crippen LogP contribution is 2.26. The maximum absolute atomic E-state index is 8.92. The molecule has 72 valence electrons. The lowest BCUT2D eigenvalue weighted by Crippen LogP contribution is -2.10. The molecule has 0 amide bonds. The van der Waals surface area contributed by atoms with Crippen LogP contribution in [0, 0.1) is 17.2 Å². The van der Waals surface area contributed by atoms with Crippen LogP contribution in [0.1, 0.15) is 11.6 Å². The fraction of sp³-hybridized carbons (Fsp3) is 0.400.